The van der Waals surface area contributed by atoms with Crippen LogP contribution >= 0.6 is 0 Å². The van der Waals surface area contributed by atoms with Crippen LogP contribution in [0.15, 0.2) is 0 Å². The van der Waals surface area contributed by atoms with Gasteiger partial charge >= 0.3 is 0 Å². The monoisotopic (exact) mass is 130 g/mol. The molecule has 0 radical (unpaired) electrons. The maximum Gasteiger partial charge on any atom is 0.207 e. The molecular formula is C6H14N2O. The van der Waals surface area contributed by atoms with Crippen molar-refractivity contribution in [2.75, 3.05) is 13.1 Å². The molecule has 1 atom stereocenters. The molecule has 0 spiro atoms. The summed E-state index contributed by atoms with van der Waals surface area (Å²) in [6.45, 7) is 5.72. The Morgan fingerprint density at radius 2 is 2.33 bits per heavy atom. The van der Waals surface area contributed by atoms with Crippen molar-refractivity contribution in [2.24, 2.45) is 0 Å². The van der Waals surface area contributed by atoms with Crippen LogP contribution in [0, 0.1) is 0 Å². The van der Waals surface area contributed by atoms with Crippen molar-refractivity contribution in [2.45, 2.75) is 19.9 Å². The molecule has 3 nitrogen and oxygen atoms in total. The second-order valence-corrected chi connectivity index (χ2v) is 1.98. The number of rotatable bonds is 5. The standard InChI is InChI=1S/C6H14N2O/c1-3-8-6(2)4-7-5-9/h5-6,8H,3-4H2,1-2H3,(H,7,9). The third kappa shape index (κ3) is 5.30. The fourth-order valence-electron chi connectivity index (χ4n) is 0.646. The molecule has 0 aromatic carbocycles. The SMILES string of the molecule is CCNC(C)CNC=O. The van der Waals surface area contributed by atoms with Gasteiger partial charge in [0, 0.05) is 12.6 Å². The van der Waals surface area contributed by atoms with Crippen LogP contribution in [0.5, 0.6) is 0 Å². The van der Waals surface area contributed by atoms with Crippen LogP contribution in [0.4, 0.5) is 0 Å². The summed E-state index contributed by atoms with van der Waals surface area (Å²) >= 11 is 0. The van der Waals surface area contributed by atoms with Crippen molar-refractivity contribution in [3.05, 3.63) is 0 Å². The number of nitrogens with one attached hydrogen (secondary N) is 2. The molecule has 0 bridgehead atoms. The number of amides is 1. The van der Waals surface area contributed by atoms with Crippen molar-refractivity contribution in [3.63, 3.8) is 0 Å². The molecule has 0 saturated carbocycles. The Bertz CT molecular complexity index is 75.5. The zero-order chi connectivity index (χ0) is 7.11. The van der Waals surface area contributed by atoms with Crippen LogP contribution < -0.4 is 10.6 Å². The van der Waals surface area contributed by atoms with Crippen molar-refractivity contribution in [3.8, 4) is 0 Å². The number of carbonyl (C=O) groups is 1. The van der Waals surface area contributed by atoms with E-state index in [0.717, 1.165) is 6.54 Å². The Kier molecular flexibility index (Phi) is 5.21. The van der Waals surface area contributed by atoms with Crippen LogP contribution in [0.25, 0.3) is 0 Å². The minimum absolute atomic E-state index is 0.375. The first-order chi connectivity index (χ1) is 4.31. The molecule has 0 aromatic heterocycles. The topological polar surface area (TPSA) is 41.1 Å². The summed E-state index contributed by atoms with van der Waals surface area (Å²) in [5.74, 6) is 0. The molecule has 0 aliphatic rings. The summed E-state index contributed by atoms with van der Waals surface area (Å²) in [7, 11) is 0. The van der Waals surface area contributed by atoms with E-state index in [9.17, 15) is 4.79 Å². The zero-order valence-corrected chi connectivity index (χ0v) is 5.98. The molecule has 0 aliphatic carbocycles. The summed E-state index contributed by atoms with van der Waals surface area (Å²) in [5.41, 5.74) is 0. The summed E-state index contributed by atoms with van der Waals surface area (Å²) in [6.07, 6.45) is 0.716. The first-order valence-corrected chi connectivity index (χ1v) is 3.21. The summed E-state index contributed by atoms with van der Waals surface area (Å²) in [6, 6.07) is 0.375. The molecule has 54 valence electrons. The Morgan fingerprint density at radius 1 is 1.67 bits per heavy atom. The number of hydrogen-bond donors (Lipinski definition) is 2. The normalized spacial score (nSPS) is 12.7. The van der Waals surface area contributed by atoms with E-state index < -0.39 is 0 Å². The van der Waals surface area contributed by atoms with Gasteiger partial charge in [-0.15, -0.1) is 0 Å². The van der Waals surface area contributed by atoms with Crippen molar-refractivity contribution in [1.82, 2.24) is 10.6 Å². The van der Waals surface area contributed by atoms with E-state index in [4.69, 9.17) is 0 Å². The quantitative estimate of drug-likeness (QED) is 0.503. The molecule has 0 aliphatic heterocycles. The van der Waals surface area contributed by atoms with Gasteiger partial charge in [-0.3, -0.25) is 4.79 Å². The smallest absolute Gasteiger partial charge is 0.207 e. The van der Waals surface area contributed by atoms with Gasteiger partial charge in [0.25, 0.3) is 0 Å². The molecule has 0 rings (SSSR count). The van der Waals surface area contributed by atoms with E-state index in [2.05, 4.69) is 10.6 Å². The lowest BCUT2D eigenvalue weighted by Crippen LogP contribution is -2.35. The van der Waals surface area contributed by atoms with Gasteiger partial charge in [-0.2, -0.15) is 0 Å². The first-order valence-electron chi connectivity index (χ1n) is 3.21. The molecular weight excluding hydrogens is 116 g/mol. The van der Waals surface area contributed by atoms with E-state index in [1.807, 2.05) is 13.8 Å². The van der Waals surface area contributed by atoms with E-state index in [0.29, 0.717) is 19.0 Å². The highest BCUT2D eigenvalue weighted by molar-refractivity contribution is 5.45. The maximum absolute atomic E-state index is 9.77. The third-order valence-electron chi connectivity index (χ3n) is 1.06. The highest BCUT2D eigenvalue weighted by Crippen LogP contribution is 1.74. The predicted octanol–water partition coefficient (Wildman–Crippen LogP) is -0.270. The Morgan fingerprint density at radius 3 is 2.78 bits per heavy atom. The average molecular weight is 130 g/mol. The zero-order valence-electron chi connectivity index (χ0n) is 5.98. The second-order valence-electron chi connectivity index (χ2n) is 1.98. The largest absolute Gasteiger partial charge is 0.357 e. The lowest BCUT2D eigenvalue weighted by Gasteiger charge is -2.09. The highest BCUT2D eigenvalue weighted by atomic mass is 16.1. The second kappa shape index (κ2) is 5.56. The van der Waals surface area contributed by atoms with Gasteiger partial charge in [0.15, 0.2) is 0 Å². The van der Waals surface area contributed by atoms with Gasteiger partial charge in [0.05, 0.1) is 0 Å². The van der Waals surface area contributed by atoms with Crippen LogP contribution in [0.1, 0.15) is 13.8 Å². The number of hydrogen-bond acceptors (Lipinski definition) is 2. The Labute approximate surface area is 55.8 Å². The van der Waals surface area contributed by atoms with Crippen LogP contribution in [0.3, 0.4) is 0 Å². The summed E-state index contributed by atoms with van der Waals surface area (Å²) < 4.78 is 0. The van der Waals surface area contributed by atoms with Gasteiger partial charge in [-0.05, 0) is 13.5 Å². The van der Waals surface area contributed by atoms with Gasteiger partial charge in [0.1, 0.15) is 0 Å². The van der Waals surface area contributed by atoms with Gasteiger partial charge in [-0.1, -0.05) is 6.92 Å². The third-order valence-corrected chi connectivity index (χ3v) is 1.06. The number of carbonyl (C=O) groups excluding carboxylic acids is 1. The molecule has 0 aromatic rings. The Hall–Kier alpha value is -0.570. The molecule has 1 amide bonds. The fourth-order valence-corrected chi connectivity index (χ4v) is 0.646. The highest BCUT2D eigenvalue weighted by Gasteiger charge is 1.94. The molecule has 0 saturated heterocycles. The first kappa shape index (κ1) is 8.43. The molecule has 0 fully saturated rings. The fraction of sp³-hybridized carbons (Fsp3) is 0.833. The van der Waals surface area contributed by atoms with E-state index in [1.54, 1.807) is 0 Å². The summed E-state index contributed by atoms with van der Waals surface area (Å²) in [5, 5.41) is 5.75. The van der Waals surface area contributed by atoms with Crippen LogP contribution in [-0.4, -0.2) is 25.5 Å². The van der Waals surface area contributed by atoms with Gasteiger partial charge in [0.2, 0.25) is 6.41 Å². The minimum atomic E-state index is 0.375. The van der Waals surface area contributed by atoms with Gasteiger partial charge < -0.3 is 10.6 Å². The Balaban J connectivity index is 3.04. The van der Waals surface area contributed by atoms with Crippen molar-refractivity contribution < 1.29 is 4.79 Å². The number of likely N-dealkylation sites (N-methyl/N-ethyl adjacent to an activating group) is 1. The molecule has 3 heteroatoms. The van der Waals surface area contributed by atoms with E-state index >= 15 is 0 Å². The van der Waals surface area contributed by atoms with Crippen molar-refractivity contribution >= 4 is 6.41 Å². The molecule has 9 heavy (non-hydrogen) atoms. The van der Waals surface area contributed by atoms with Crippen LogP contribution in [-0.2, 0) is 4.79 Å². The van der Waals surface area contributed by atoms with Crippen molar-refractivity contribution in [1.29, 1.82) is 0 Å². The molecule has 2 N–H and O–H groups in total. The lowest BCUT2D eigenvalue weighted by atomic mass is 10.3. The van der Waals surface area contributed by atoms with Gasteiger partial charge in [-0.25, -0.2) is 0 Å². The summed E-state index contributed by atoms with van der Waals surface area (Å²) in [4.78, 5) is 9.77. The predicted molar refractivity (Wildman–Crippen MR) is 37.2 cm³/mol. The lowest BCUT2D eigenvalue weighted by molar-refractivity contribution is -0.109. The average Bonchev–Trinajstić information content (AvgIpc) is 1.85. The van der Waals surface area contributed by atoms with Crippen LogP contribution in [0.2, 0.25) is 0 Å². The van der Waals surface area contributed by atoms with E-state index in [-0.39, 0.29) is 0 Å². The molecule has 0 heterocycles. The van der Waals surface area contributed by atoms with E-state index in [1.165, 1.54) is 0 Å². The maximum atomic E-state index is 9.77. The molecule has 1 unspecified atom stereocenters. The minimum Gasteiger partial charge on any atom is -0.357 e.